The first-order valence-electron chi connectivity index (χ1n) is 13.1. The molecular formula is C31H32Cl2N2O3S. The number of carbonyl (C=O) groups excluding carboxylic acids is 1. The number of hydrogen-bond donors (Lipinski definition) is 0. The summed E-state index contributed by atoms with van der Waals surface area (Å²) in [5, 5.41) is 1.76. The molecule has 1 amide bonds. The second kappa shape index (κ2) is 14.5. The van der Waals surface area contributed by atoms with E-state index in [9.17, 15) is 4.79 Å². The van der Waals surface area contributed by atoms with Gasteiger partial charge in [0.2, 0.25) is 0 Å². The summed E-state index contributed by atoms with van der Waals surface area (Å²) in [5.74, 6) is 1.17. The van der Waals surface area contributed by atoms with Gasteiger partial charge in [-0.15, -0.1) is 0 Å². The third-order valence-electron chi connectivity index (χ3n) is 6.18. The van der Waals surface area contributed by atoms with Crippen molar-refractivity contribution < 1.29 is 14.3 Å². The summed E-state index contributed by atoms with van der Waals surface area (Å²) >= 11 is 13.4. The van der Waals surface area contributed by atoms with Crippen molar-refractivity contribution in [2.24, 2.45) is 4.99 Å². The maximum atomic E-state index is 13.6. The second-order valence-corrected chi connectivity index (χ2v) is 11.0. The molecule has 0 unspecified atom stereocenters. The second-order valence-electron chi connectivity index (χ2n) is 9.12. The molecule has 1 aliphatic heterocycles. The van der Waals surface area contributed by atoms with Gasteiger partial charge in [0.05, 0.1) is 30.0 Å². The minimum absolute atomic E-state index is 0.169. The maximum Gasteiger partial charge on any atom is 0.271 e. The minimum atomic E-state index is -0.169. The number of nitrogens with zero attached hydrogens (tertiary/aromatic N) is 2. The van der Waals surface area contributed by atoms with E-state index in [1.54, 1.807) is 48.4 Å². The Morgan fingerprint density at radius 3 is 2.23 bits per heavy atom. The van der Waals surface area contributed by atoms with E-state index in [0.717, 1.165) is 18.4 Å². The number of hydrogen-bond acceptors (Lipinski definition) is 5. The maximum absolute atomic E-state index is 13.6. The van der Waals surface area contributed by atoms with Crippen LogP contribution in [-0.4, -0.2) is 24.8 Å². The van der Waals surface area contributed by atoms with E-state index in [1.165, 1.54) is 37.4 Å². The number of amides is 1. The van der Waals surface area contributed by atoms with Crippen molar-refractivity contribution in [1.29, 1.82) is 0 Å². The summed E-state index contributed by atoms with van der Waals surface area (Å²) in [5.41, 5.74) is 2.21. The van der Waals surface area contributed by atoms with Gasteiger partial charge in [0.15, 0.2) is 16.7 Å². The average Bonchev–Trinajstić information content (AvgIpc) is 3.24. The van der Waals surface area contributed by atoms with Gasteiger partial charge in [-0.2, -0.15) is 0 Å². The molecule has 0 aromatic heterocycles. The van der Waals surface area contributed by atoms with Gasteiger partial charge < -0.3 is 9.47 Å². The Labute approximate surface area is 244 Å². The SMILES string of the molecule is CCCCCCCCOc1ccc(/C=C2/SC(=Nc3ccc(Cl)cc3)N(c3ccc(Cl)cc3)C2=O)cc1OC. The van der Waals surface area contributed by atoms with Crippen molar-refractivity contribution in [3.8, 4) is 11.5 Å². The van der Waals surface area contributed by atoms with Crippen LogP contribution in [0.1, 0.15) is 51.0 Å². The molecule has 8 heteroatoms. The first kappa shape index (κ1) is 29.1. The van der Waals surface area contributed by atoms with E-state index < -0.39 is 0 Å². The molecule has 0 radical (unpaired) electrons. The van der Waals surface area contributed by atoms with Gasteiger partial charge in [-0.05, 0) is 90.5 Å². The number of ether oxygens (including phenoxy) is 2. The molecule has 39 heavy (non-hydrogen) atoms. The Bertz CT molecular complexity index is 1320. The van der Waals surface area contributed by atoms with E-state index in [-0.39, 0.29) is 5.91 Å². The molecule has 0 atom stereocenters. The van der Waals surface area contributed by atoms with Crippen LogP contribution < -0.4 is 14.4 Å². The summed E-state index contributed by atoms with van der Waals surface area (Å²) < 4.78 is 11.6. The van der Waals surface area contributed by atoms with Crippen LogP contribution in [0, 0.1) is 0 Å². The third kappa shape index (κ3) is 8.04. The summed E-state index contributed by atoms with van der Waals surface area (Å²) in [6.45, 7) is 2.87. The number of methoxy groups -OCH3 is 1. The fourth-order valence-electron chi connectivity index (χ4n) is 4.10. The Hall–Kier alpha value is -2.93. The topological polar surface area (TPSA) is 51.1 Å². The average molecular weight is 584 g/mol. The molecule has 0 N–H and O–H groups in total. The summed E-state index contributed by atoms with van der Waals surface area (Å²) in [7, 11) is 1.62. The predicted molar refractivity (Wildman–Crippen MR) is 165 cm³/mol. The van der Waals surface area contributed by atoms with Crippen LogP contribution in [0.5, 0.6) is 11.5 Å². The molecule has 0 bridgehead atoms. The quantitative estimate of drug-likeness (QED) is 0.157. The van der Waals surface area contributed by atoms with Gasteiger partial charge in [0.1, 0.15) is 0 Å². The zero-order valence-corrected chi connectivity index (χ0v) is 24.5. The first-order chi connectivity index (χ1) is 19.0. The Kier molecular flexibility index (Phi) is 10.8. The molecule has 3 aromatic carbocycles. The Balaban J connectivity index is 1.54. The van der Waals surface area contributed by atoms with Crippen LogP contribution in [0.4, 0.5) is 11.4 Å². The molecule has 5 nitrogen and oxygen atoms in total. The molecule has 4 rings (SSSR count). The number of amidine groups is 1. The number of carbonyl (C=O) groups is 1. The summed E-state index contributed by atoms with van der Waals surface area (Å²) in [6, 6.07) is 20.0. The number of unbranched alkanes of at least 4 members (excludes halogenated alkanes) is 5. The monoisotopic (exact) mass is 582 g/mol. The van der Waals surface area contributed by atoms with Gasteiger partial charge in [-0.1, -0.05) is 68.3 Å². The number of rotatable bonds is 12. The van der Waals surface area contributed by atoms with Gasteiger partial charge in [-0.3, -0.25) is 9.69 Å². The van der Waals surface area contributed by atoms with Crippen LogP contribution in [0.15, 0.2) is 76.6 Å². The number of halogens is 2. The van der Waals surface area contributed by atoms with Crippen LogP contribution in [0.2, 0.25) is 10.0 Å². The Morgan fingerprint density at radius 2 is 1.54 bits per heavy atom. The van der Waals surface area contributed by atoms with Gasteiger partial charge in [0, 0.05) is 10.0 Å². The lowest BCUT2D eigenvalue weighted by Gasteiger charge is -2.15. The fraction of sp³-hybridized carbons (Fsp3) is 0.290. The molecule has 1 heterocycles. The van der Waals surface area contributed by atoms with Crippen LogP contribution in [0.3, 0.4) is 0 Å². The number of anilines is 1. The normalized spacial score (nSPS) is 15.4. The molecule has 3 aromatic rings. The molecule has 1 aliphatic rings. The van der Waals surface area contributed by atoms with Gasteiger partial charge >= 0.3 is 0 Å². The van der Waals surface area contributed by atoms with E-state index in [2.05, 4.69) is 6.92 Å². The zero-order valence-electron chi connectivity index (χ0n) is 22.2. The summed E-state index contributed by atoms with van der Waals surface area (Å²) in [6.07, 6.45) is 9.08. The summed E-state index contributed by atoms with van der Waals surface area (Å²) in [4.78, 5) is 20.5. The van der Waals surface area contributed by atoms with Crippen molar-refractivity contribution in [3.63, 3.8) is 0 Å². The highest BCUT2D eigenvalue weighted by atomic mass is 35.5. The molecule has 0 saturated carbocycles. The molecular weight excluding hydrogens is 551 g/mol. The third-order valence-corrected chi connectivity index (χ3v) is 7.66. The van der Waals surface area contributed by atoms with Crippen LogP contribution >= 0.6 is 35.0 Å². The van der Waals surface area contributed by atoms with E-state index in [4.69, 9.17) is 37.7 Å². The van der Waals surface area contributed by atoms with Crippen molar-refractivity contribution in [1.82, 2.24) is 0 Å². The first-order valence-corrected chi connectivity index (χ1v) is 14.7. The number of aliphatic imine (C=N–C) groups is 1. The minimum Gasteiger partial charge on any atom is -0.493 e. The predicted octanol–water partition coefficient (Wildman–Crippen LogP) is 9.55. The lowest BCUT2D eigenvalue weighted by atomic mass is 10.1. The lowest BCUT2D eigenvalue weighted by molar-refractivity contribution is -0.113. The van der Waals surface area contributed by atoms with Gasteiger partial charge in [-0.25, -0.2) is 4.99 Å². The van der Waals surface area contributed by atoms with E-state index in [0.29, 0.717) is 49.6 Å². The largest absolute Gasteiger partial charge is 0.493 e. The highest BCUT2D eigenvalue weighted by Crippen LogP contribution is 2.38. The highest BCUT2D eigenvalue weighted by Gasteiger charge is 2.34. The fourth-order valence-corrected chi connectivity index (χ4v) is 5.35. The number of benzene rings is 3. The van der Waals surface area contributed by atoms with Crippen LogP contribution in [0.25, 0.3) is 6.08 Å². The van der Waals surface area contributed by atoms with Crippen molar-refractivity contribution in [2.45, 2.75) is 45.4 Å². The van der Waals surface area contributed by atoms with Gasteiger partial charge in [0.25, 0.3) is 5.91 Å². The molecule has 0 spiro atoms. The molecule has 204 valence electrons. The van der Waals surface area contributed by atoms with Crippen LogP contribution in [-0.2, 0) is 4.79 Å². The number of thioether (sulfide) groups is 1. The standard InChI is InChI=1S/C31H32Cl2N2O3S/c1-3-4-5-6-7-8-19-38-27-18-9-22(20-28(27)37-2)21-29-30(36)35(26-16-12-24(33)13-17-26)31(39-29)34-25-14-10-23(32)11-15-25/h9-18,20-21H,3-8,19H2,1-2H3/b29-21+,34-31?. The van der Waals surface area contributed by atoms with Crippen molar-refractivity contribution >= 4 is 63.5 Å². The van der Waals surface area contributed by atoms with E-state index >= 15 is 0 Å². The van der Waals surface area contributed by atoms with Crippen molar-refractivity contribution in [3.05, 3.63) is 87.2 Å². The molecule has 1 fully saturated rings. The lowest BCUT2D eigenvalue weighted by Crippen LogP contribution is -2.28. The highest BCUT2D eigenvalue weighted by molar-refractivity contribution is 8.19. The molecule has 1 saturated heterocycles. The molecule has 0 aliphatic carbocycles. The van der Waals surface area contributed by atoms with E-state index in [1.807, 2.05) is 36.4 Å². The van der Waals surface area contributed by atoms with Crippen molar-refractivity contribution in [2.75, 3.05) is 18.6 Å². The Morgan fingerprint density at radius 1 is 0.872 bits per heavy atom. The zero-order chi connectivity index (χ0) is 27.6. The smallest absolute Gasteiger partial charge is 0.271 e.